The molecular formula is C12H24N2O. The number of hydrogen-bond donors (Lipinski definition) is 2. The normalized spacial score (nSPS) is 16.5. The summed E-state index contributed by atoms with van der Waals surface area (Å²) in [5.41, 5.74) is 0.0192. The molecule has 0 heterocycles. The van der Waals surface area contributed by atoms with Gasteiger partial charge in [0.1, 0.15) is 0 Å². The summed E-state index contributed by atoms with van der Waals surface area (Å²) in [7, 11) is 0. The number of amides is 1. The molecule has 88 valence electrons. The minimum absolute atomic E-state index is 0.0192. The van der Waals surface area contributed by atoms with Crippen molar-refractivity contribution in [3.05, 3.63) is 0 Å². The summed E-state index contributed by atoms with van der Waals surface area (Å²) in [5, 5.41) is 6.11. The summed E-state index contributed by atoms with van der Waals surface area (Å²) in [4.78, 5) is 11.4. The van der Waals surface area contributed by atoms with Gasteiger partial charge in [0, 0.05) is 12.1 Å². The highest BCUT2D eigenvalue weighted by Crippen LogP contribution is 2.33. The molecule has 0 atom stereocenters. The second kappa shape index (κ2) is 5.50. The van der Waals surface area contributed by atoms with Crippen molar-refractivity contribution in [1.82, 2.24) is 10.6 Å². The first kappa shape index (κ1) is 12.5. The van der Waals surface area contributed by atoms with E-state index in [1.54, 1.807) is 0 Å². The van der Waals surface area contributed by atoms with Crippen molar-refractivity contribution in [2.24, 2.45) is 5.92 Å². The van der Waals surface area contributed by atoms with Gasteiger partial charge in [0.05, 0.1) is 6.54 Å². The Morgan fingerprint density at radius 2 is 2.00 bits per heavy atom. The number of rotatable bonds is 6. The van der Waals surface area contributed by atoms with E-state index in [0.29, 0.717) is 6.54 Å². The number of nitrogens with one attached hydrogen (secondary N) is 2. The molecule has 1 aliphatic carbocycles. The van der Waals surface area contributed by atoms with Crippen LogP contribution < -0.4 is 10.6 Å². The van der Waals surface area contributed by atoms with Crippen molar-refractivity contribution >= 4 is 5.91 Å². The van der Waals surface area contributed by atoms with Crippen LogP contribution in [0.3, 0.4) is 0 Å². The largest absolute Gasteiger partial charge is 0.355 e. The van der Waals surface area contributed by atoms with Crippen LogP contribution in [0.2, 0.25) is 0 Å². The molecule has 2 N–H and O–H groups in total. The third kappa shape index (κ3) is 7.37. The Kier molecular flexibility index (Phi) is 4.58. The molecule has 1 aliphatic rings. The third-order valence-electron chi connectivity index (χ3n) is 2.59. The highest BCUT2D eigenvalue weighted by atomic mass is 16.1. The van der Waals surface area contributed by atoms with E-state index >= 15 is 0 Å². The fourth-order valence-electron chi connectivity index (χ4n) is 1.43. The van der Waals surface area contributed by atoms with E-state index in [0.717, 1.165) is 18.9 Å². The molecule has 1 amide bonds. The van der Waals surface area contributed by atoms with Gasteiger partial charge in [-0.25, -0.2) is 0 Å². The van der Waals surface area contributed by atoms with Gasteiger partial charge in [-0.3, -0.25) is 4.79 Å². The average Bonchev–Trinajstić information content (AvgIpc) is 2.91. The fourth-order valence-corrected chi connectivity index (χ4v) is 1.43. The van der Waals surface area contributed by atoms with Crippen LogP contribution >= 0.6 is 0 Å². The SMILES string of the molecule is CC(C)(C)NCC(=O)NCCCC1CC1. The second-order valence-electron chi connectivity index (χ2n) is 5.54. The highest BCUT2D eigenvalue weighted by molar-refractivity contribution is 5.78. The summed E-state index contributed by atoms with van der Waals surface area (Å²) in [6.07, 6.45) is 5.22. The lowest BCUT2D eigenvalue weighted by molar-refractivity contribution is -0.120. The molecule has 1 fully saturated rings. The van der Waals surface area contributed by atoms with Crippen LogP contribution in [0, 0.1) is 5.92 Å². The Balaban J connectivity index is 1.93. The lowest BCUT2D eigenvalue weighted by atomic mass is 10.1. The summed E-state index contributed by atoms with van der Waals surface area (Å²) in [5.74, 6) is 1.08. The summed E-state index contributed by atoms with van der Waals surface area (Å²) in [6.45, 7) is 7.45. The van der Waals surface area contributed by atoms with Gasteiger partial charge in [0.25, 0.3) is 0 Å². The molecule has 0 spiro atoms. The molecule has 0 aromatic carbocycles. The molecule has 0 radical (unpaired) electrons. The maximum Gasteiger partial charge on any atom is 0.233 e. The van der Waals surface area contributed by atoms with Gasteiger partial charge >= 0.3 is 0 Å². The van der Waals surface area contributed by atoms with Gasteiger partial charge in [-0.1, -0.05) is 12.8 Å². The third-order valence-corrected chi connectivity index (χ3v) is 2.59. The van der Waals surface area contributed by atoms with E-state index in [9.17, 15) is 4.79 Å². The quantitative estimate of drug-likeness (QED) is 0.658. The molecule has 0 unspecified atom stereocenters. The summed E-state index contributed by atoms with van der Waals surface area (Å²) < 4.78 is 0. The Labute approximate surface area is 93.0 Å². The molecule has 0 saturated heterocycles. The Bertz CT molecular complexity index is 204. The van der Waals surface area contributed by atoms with Crippen molar-refractivity contribution < 1.29 is 4.79 Å². The zero-order valence-electron chi connectivity index (χ0n) is 10.2. The van der Waals surface area contributed by atoms with E-state index in [4.69, 9.17) is 0 Å². The van der Waals surface area contributed by atoms with E-state index in [1.165, 1.54) is 19.3 Å². The zero-order valence-corrected chi connectivity index (χ0v) is 10.2. The standard InChI is InChI=1S/C12H24N2O/c1-12(2,3)14-9-11(15)13-8-4-5-10-6-7-10/h10,14H,4-9H2,1-3H3,(H,13,15). The Morgan fingerprint density at radius 1 is 1.33 bits per heavy atom. The van der Waals surface area contributed by atoms with Gasteiger partial charge in [-0.2, -0.15) is 0 Å². The highest BCUT2D eigenvalue weighted by Gasteiger charge is 2.20. The monoisotopic (exact) mass is 212 g/mol. The minimum Gasteiger partial charge on any atom is -0.355 e. The van der Waals surface area contributed by atoms with Crippen LogP contribution in [-0.2, 0) is 4.79 Å². The van der Waals surface area contributed by atoms with Crippen LogP contribution in [0.15, 0.2) is 0 Å². The van der Waals surface area contributed by atoms with E-state index in [-0.39, 0.29) is 11.4 Å². The van der Waals surface area contributed by atoms with Crippen molar-refractivity contribution in [2.75, 3.05) is 13.1 Å². The lowest BCUT2D eigenvalue weighted by Gasteiger charge is -2.19. The first-order chi connectivity index (χ1) is 6.97. The Hall–Kier alpha value is -0.570. The van der Waals surface area contributed by atoms with Gasteiger partial charge < -0.3 is 10.6 Å². The summed E-state index contributed by atoms with van der Waals surface area (Å²) in [6, 6.07) is 0. The molecule has 1 saturated carbocycles. The van der Waals surface area contributed by atoms with E-state index in [1.807, 2.05) is 0 Å². The number of carbonyl (C=O) groups excluding carboxylic acids is 1. The molecular weight excluding hydrogens is 188 g/mol. The topological polar surface area (TPSA) is 41.1 Å². The van der Waals surface area contributed by atoms with Crippen molar-refractivity contribution in [3.63, 3.8) is 0 Å². The predicted octanol–water partition coefficient (Wildman–Crippen LogP) is 1.68. The van der Waals surface area contributed by atoms with Gasteiger partial charge in [-0.05, 0) is 39.5 Å². The smallest absolute Gasteiger partial charge is 0.233 e. The number of hydrogen-bond acceptors (Lipinski definition) is 2. The average molecular weight is 212 g/mol. The molecule has 1 rings (SSSR count). The molecule has 0 aromatic rings. The van der Waals surface area contributed by atoms with Crippen molar-refractivity contribution in [3.8, 4) is 0 Å². The van der Waals surface area contributed by atoms with E-state index < -0.39 is 0 Å². The van der Waals surface area contributed by atoms with Crippen LogP contribution in [0.25, 0.3) is 0 Å². The van der Waals surface area contributed by atoms with Crippen molar-refractivity contribution in [2.45, 2.75) is 52.0 Å². The minimum atomic E-state index is 0.0192. The predicted molar refractivity (Wildman–Crippen MR) is 62.7 cm³/mol. The van der Waals surface area contributed by atoms with Crippen LogP contribution in [-0.4, -0.2) is 24.5 Å². The summed E-state index contributed by atoms with van der Waals surface area (Å²) >= 11 is 0. The van der Waals surface area contributed by atoms with Gasteiger partial charge in [0.15, 0.2) is 0 Å². The zero-order chi connectivity index (χ0) is 11.3. The van der Waals surface area contributed by atoms with Crippen LogP contribution in [0.1, 0.15) is 46.5 Å². The fraction of sp³-hybridized carbons (Fsp3) is 0.917. The molecule has 3 heteroatoms. The first-order valence-corrected chi connectivity index (χ1v) is 5.99. The van der Waals surface area contributed by atoms with Gasteiger partial charge in [-0.15, -0.1) is 0 Å². The maximum absolute atomic E-state index is 11.4. The van der Waals surface area contributed by atoms with Gasteiger partial charge in [0.2, 0.25) is 5.91 Å². The van der Waals surface area contributed by atoms with Crippen LogP contribution in [0.5, 0.6) is 0 Å². The molecule has 15 heavy (non-hydrogen) atoms. The maximum atomic E-state index is 11.4. The molecule has 3 nitrogen and oxygen atoms in total. The van der Waals surface area contributed by atoms with Crippen LogP contribution in [0.4, 0.5) is 0 Å². The second-order valence-corrected chi connectivity index (χ2v) is 5.54. The Morgan fingerprint density at radius 3 is 2.53 bits per heavy atom. The molecule has 0 aliphatic heterocycles. The lowest BCUT2D eigenvalue weighted by Crippen LogP contribution is -2.43. The first-order valence-electron chi connectivity index (χ1n) is 5.99. The van der Waals surface area contributed by atoms with E-state index in [2.05, 4.69) is 31.4 Å². The molecule has 0 aromatic heterocycles. The van der Waals surface area contributed by atoms with Crippen molar-refractivity contribution in [1.29, 1.82) is 0 Å². The number of carbonyl (C=O) groups is 1. The molecule has 0 bridgehead atoms.